The zero-order valence-corrected chi connectivity index (χ0v) is 19.3. The summed E-state index contributed by atoms with van der Waals surface area (Å²) in [5, 5.41) is 0.470. The fraction of sp³-hybridized carbons (Fsp3) is 0.462. The SMILES string of the molecule is CC(C)c1nc2cccc(Oc3ccc(F)cc3)c2c(=O)n1CC1CCCN(C(C)C)C1. The van der Waals surface area contributed by atoms with Gasteiger partial charge in [-0.25, -0.2) is 9.37 Å². The molecule has 2 aromatic carbocycles. The van der Waals surface area contributed by atoms with E-state index in [9.17, 15) is 9.18 Å². The molecule has 0 N–H and O–H groups in total. The van der Waals surface area contributed by atoms with Crippen LogP contribution in [-0.4, -0.2) is 33.6 Å². The molecule has 2 heterocycles. The molecule has 0 radical (unpaired) electrons. The number of hydrogen-bond acceptors (Lipinski definition) is 4. The second-order valence-electron chi connectivity index (χ2n) is 9.34. The van der Waals surface area contributed by atoms with E-state index < -0.39 is 0 Å². The van der Waals surface area contributed by atoms with Crippen LogP contribution in [0, 0.1) is 11.7 Å². The third-order valence-electron chi connectivity index (χ3n) is 6.25. The molecule has 0 bridgehead atoms. The average Bonchev–Trinajstić information content (AvgIpc) is 2.77. The Morgan fingerprint density at radius 3 is 2.56 bits per heavy atom. The molecule has 1 aliphatic heterocycles. The van der Waals surface area contributed by atoms with Crippen LogP contribution in [-0.2, 0) is 6.54 Å². The number of ether oxygens (including phenoxy) is 1. The second kappa shape index (κ2) is 9.41. The Balaban J connectivity index is 1.75. The lowest BCUT2D eigenvalue weighted by molar-refractivity contribution is 0.129. The Hall–Kier alpha value is -2.73. The lowest BCUT2D eigenvalue weighted by atomic mass is 9.96. The van der Waals surface area contributed by atoms with Crippen LogP contribution in [0.25, 0.3) is 10.9 Å². The van der Waals surface area contributed by atoms with Crippen LogP contribution in [0.5, 0.6) is 11.5 Å². The molecule has 5 nitrogen and oxygen atoms in total. The first-order valence-electron chi connectivity index (χ1n) is 11.5. The topological polar surface area (TPSA) is 47.4 Å². The van der Waals surface area contributed by atoms with Crippen LogP contribution in [0.2, 0.25) is 0 Å². The Bertz CT molecular complexity index is 1140. The third-order valence-corrected chi connectivity index (χ3v) is 6.25. The van der Waals surface area contributed by atoms with E-state index in [0.717, 1.165) is 31.8 Å². The van der Waals surface area contributed by atoms with E-state index in [0.29, 0.717) is 40.9 Å². The van der Waals surface area contributed by atoms with Crippen LogP contribution >= 0.6 is 0 Å². The molecule has 1 unspecified atom stereocenters. The lowest BCUT2D eigenvalue weighted by Crippen LogP contribution is -2.42. The van der Waals surface area contributed by atoms with Crippen molar-refractivity contribution in [1.82, 2.24) is 14.5 Å². The van der Waals surface area contributed by atoms with Crippen molar-refractivity contribution in [3.63, 3.8) is 0 Å². The van der Waals surface area contributed by atoms with E-state index in [1.807, 2.05) is 16.7 Å². The zero-order chi connectivity index (χ0) is 22.8. The zero-order valence-electron chi connectivity index (χ0n) is 19.3. The van der Waals surface area contributed by atoms with Gasteiger partial charge in [0, 0.05) is 25.0 Å². The van der Waals surface area contributed by atoms with Crippen LogP contribution in [0.1, 0.15) is 52.3 Å². The minimum absolute atomic E-state index is 0.0712. The van der Waals surface area contributed by atoms with Gasteiger partial charge in [-0.3, -0.25) is 9.36 Å². The standard InChI is InChI=1S/C26H32FN3O2/c1-17(2)25-28-22-8-5-9-23(32-21-12-10-20(27)11-13-21)24(22)26(31)30(25)16-19-7-6-14-29(15-19)18(3)4/h5,8-13,17-19H,6-7,14-16H2,1-4H3. The van der Waals surface area contributed by atoms with Gasteiger partial charge >= 0.3 is 0 Å². The van der Waals surface area contributed by atoms with E-state index >= 15 is 0 Å². The van der Waals surface area contributed by atoms with E-state index in [2.05, 4.69) is 32.6 Å². The molecule has 0 aliphatic carbocycles. The molecule has 1 fully saturated rings. The first-order chi connectivity index (χ1) is 15.3. The molecule has 0 amide bonds. The van der Waals surface area contributed by atoms with E-state index in [1.54, 1.807) is 18.2 Å². The smallest absolute Gasteiger partial charge is 0.265 e. The molecule has 1 aromatic heterocycles. The van der Waals surface area contributed by atoms with Crippen molar-refractivity contribution in [3.05, 3.63) is 64.5 Å². The molecule has 170 valence electrons. The normalized spacial score (nSPS) is 17.4. The van der Waals surface area contributed by atoms with Gasteiger partial charge in [-0.2, -0.15) is 0 Å². The molecule has 0 spiro atoms. The van der Waals surface area contributed by atoms with Gasteiger partial charge in [0.2, 0.25) is 0 Å². The minimum atomic E-state index is -0.330. The highest BCUT2D eigenvalue weighted by Crippen LogP contribution is 2.29. The van der Waals surface area contributed by atoms with Crippen molar-refractivity contribution in [2.24, 2.45) is 5.92 Å². The molecular weight excluding hydrogens is 405 g/mol. The Kier molecular flexibility index (Phi) is 6.60. The average molecular weight is 438 g/mol. The van der Waals surface area contributed by atoms with Crippen LogP contribution < -0.4 is 10.3 Å². The monoisotopic (exact) mass is 437 g/mol. The number of fused-ring (bicyclic) bond motifs is 1. The lowest BCUT2D eigenvalue weighted by Gasteiger charge is -2.36. The highest BCUT2D eigenvalue weighted by Gasteiger charge is 2.25. The molecular formula is C26H32FN3O2. The summed E-state index contributed by atoms with van der Waals surface area (Å²) in [6, 6.07) is 11.8. The number of likely N-dealkylation sites (tertiary alicyclic amines) is 1. The van der Waals surface area contributed by atoms with Crippen molar-refractivity contribution >= 4 is 10.9 Å². The van der Waals surface area contributed by atoms with Gasteiger partial charge in [0.1, 0.15) is 28.5 Å². The number of piperidine rings is 1. The summed E-state index contributed by atoms with van der Waals surface area (Å²) in [7, 11) is 0. The molecule has 4 rings (SSSR count). The van der Waals surface area contributed by atoms with Gasteiger partial charge in [0.25, 0.3) is 5.56 Å². The summed E-state index contributed by atoms with van der Waals surface area (Å²) >= 11 is 0. The largest absolute Gasteiger partial charge is 0.456 e. The number of benzene rings is 2. The van der Waals surface area contributed by atoms with E-state index in [1.165, 1.54) is 12.1 Å². The molecule has 1 atom stereocenters. The summed E-state index contributed by atoms with van der Waals surface area (Å²) in [4.78, 5) is 21.2. The number of nitrogens with zero attached hydrogens (tertiary/aromatic N) is 3. The van der Waals surface area contributed by atoms with Crippen molar-refractivity contribution in [2.75, 3.05) is 13.1 Å². The Morgan fingerprint density at radius 1 is 1.12 bits per heavy atom. The number of aromatic nitrogens is 2. The maximum absolute atomic E-state index is 13.8. The number of halogens is 1. The number of rotatable bonds is 6. The predicted octanol–water partition coefficient (Wildman–Crippen LogP) is 5.57. The van der Waals surface area contributed by atoms with Gasteiger partial charge < -0.3 is 9.64 Å². The van der Waals surface area contributed by atoms with Crippen molar-refractivity contribution in [3.8, 4) is 11.5 Å². The highest BCUT2D eigenvalue weighted by atomic mass is 19.1. The minimum Gasteiger partial charge on any atom is -0.456 e. The maximum Gasteiger partial charge on any atom is 0.265 e. The summed E-state index contributed by atoms with van der Waals surface area (Å²) in [5.41, 5.74) is 0.556. The Labute approximate surface area is 188 Å². The predicted molar refractivity (Wildman–Crippen MR) is 126 cm³/mol. The van der Waals surface area contributed by atoms with Crippen molar-refractivity contribution in [1.29, 1.82) is 0 Å². The van der Waals surface area contributed by atoms with Gasteiger partial charge in [-0.15, -0.1) is 0 Å². The maximum atomic E-state index is 13.8. The molecule has 6 heteroatoms. The fourth-order valence-electron chi connectivity index (χ4n) is 4.56. The Morgan fingerprint density at radius 2 is 1.88 bits per heavy atom. The quantitative estimate of drug-likeness (QED) is 0.506. The summed E-state index contributed by atoms with van der Waals surface area (Å²) in [5.74, 6) is 1.94. The first kappa shape index (κ1) is 22.5. The second-order valence-corrected chi connectivity index (χ2v) is 9.34. The van der Waals surface area contributed by atoms with Crippen LogP contribution in [0.3, 0.4) is 0 Å². The third kappa shape index (κ3) is 4.70. The molecule has 1 saturated heterocycles. The van der Waals surface area contributed by atoms with Crippen molar-refractivity contribution < 1.29 is 9.13 Å². The van der Waals surface area contributed by atoms with Gasteiger partial charge in [0.05, 0.1) is 5.52 Å². The van der Waals surface area contributed by atoms with Gasteiger partial charge in [0.15, 0.2) is 0 Å². The molecule has 0 saturated carbocycles. The van der Waals surface area contributed by atoms with Gasteiger partial charge in [-0.1, -0.05) is 19.9 Å². The molecule has 32 heavy (non-hydrogen) atoms. The van der Waals surface area contributed by atoms with Gasteiger partial charge in [-0.05, 0) is 75.5 Å². The summed E-state index contributed by atoms with van der Waals surface area (Å²) in [6.07, 6.45) is 2.26. The van der Waals surface area contributed by atoms with Crippen LogP contribution in [0.15, 0.2) is 47.3 Å². The summed E-state index contributed by atoms with van der Waals surface area (Å²) < 4.78 is 21.1. The molecule has 3 aromatic rings. The fourth-order valence-corrected chi connectivity index (χ4v) is 4.56. The first-order valence-corrected chi connectivity index (χ1v) is 11.5. The van der Waals surface area contributed by atoms with Crippen molar-refractivity contribution in [2.45, 2.75) is 59.0 Å². The molecule has 1 aliphatic rings. The summed E-state index contributed by atoms with van der Waals surface area (Å²) in [6.45, 7) is 11.4. The van der Waals surface area contributed by atoms with E-state index in [4.69, 9.17) is 9.72 Å². The van der Waals surface area contributed by atoms with Crippen LogP contribution in [0.4, 0.5) is 4.39 Å². The number of hydrogen-bond donors (Lipinski definition) is 0. The van der Waals surface area contributed by atoms with E-state index in [-0.39, 0.29) is 17.3 Å². The highest BCUT2D eigenvalue weighted by molar-refractivity contribution is 5.84.